The number of hydrogen-bond acceptors (Lipinski definition) is 5. The number of thioether (sulfide) groups is 1. The average molecular weight is 473 g/mol. The predicted molar refractivity (Wildman–Crippen MR) is 136 cm³/mol. The zero-order valence-electron chi connectivity index (χ0n) is 19.8. The summed E-state index contributed by atoms with van der Waals surface area (Å²) in [6.07, 6.45) is 0. The van der Waals surface area contributed by atoms with Crippen LogP contribution in [0.4, 0.5) is 0 Å². The van der Waals surface area contributed by atoms with E-state index in [0.717, 1.165) is 16.6 Å². The van der Waals surface area contributed by atoms with Crippen LogP contribution in [0.5, 0.6) is 5.75 Å². The van der Waals surface area contributed by atoms with Gasteiger partial charge >= 0.3 is 0 Å². The first-order chi connectivity index (χ1) is 16.5. The van der Waals surface area contributed by atoms with Crippen molar-refractivity contribution in [2.24, 2.45) is 0 Å². The molecule has 0 fully saturated rings. The highest BCUT2D eigenvalue weighted by molar-refractivity contribution is 7.98. The minimum absolute atomic E-state index is 0.178. The molecule has 0 saturated heterocycles. The van der Waals surface area contributed by atoms with Crippen molar-refractivity contribution in [2.45, 2.75) is 37.7 Å². The molecule has 34 heavy (non-hydrogen) atoms. The fourth-order valence-electron chi connectivity index (χ4n) is 3.59. The van der Waals surface area contributed by atoms with Crippen LogP contribution in [0.25, 0.3) is 5.69 Å². The predicted octanol–water partition coefficient (Wildman–Crippen LogP) is 5.68. The Hall–Kier alpha value is -3.58. The number of benzene rings is 3. The summed E-state index contributed by atoms with van der Waals surface area (Å²) in [6, 6.07) is 23.3. The van der Waals surface area contributed by atoms with Crippen LogP contribution < -0.4 is 10.1 Å². The maximum absolute atomic E-state index is 12.9. The molecule has 0 spiro atoms. The number of carbonyl (C=O) groups is 1. The minimum Gasteiger partial charge on any atom is -0.497 e. The van der Waals surface area contributed by atoms with Crippen LogP contribution in [-0.4, -0.2) is 27.8 Å². The van der Waals surface area contributed by atoms with Crippen molar-refractivity contribution in [2.75, 3.05) is 7.11 Å². The molecular formula is C27H28N4O2S. The summed E-state index contributed by atoms with van der Waals surface area (Å²) in [5.74, 6) is 1.99. The van der Waals surface area contributed by atoms with Gasteiger partial charge in [0.25, 0.3) is 5.91 Å². The van der Waals surface area contributed by atoms with E-state index in [2.05, 4.69) is 71.8 Å². The summed E-state index contributed by atoms with van der Waals surface area (Å²) >= 11 is 1.63. The third-order valence-corrected chi connectivity index (χ3v) is 6.63. The summed E-state index contributed by atoms with van der Waals surface area (Å²) in [4.78, 5) is 12.9. The molecule has 3 aromatic carbocycles. The third kappa shape index (κ3) is 5.31. The van der Waals surface area contributed by atoms with Gasteiger partial charge in [-0.1, -0.05) is 53.7 Å². The van der Waals surface area contributed by atoms with Gasteiger partial charge < -0.3 is 10.1 Å². The highest BCUT2D eigenvalue weighted by atomic mass is 32.2. The summed E-state index contributed by atoms with van der Waals surface area (Å²) in [5, 5.41) is 12.8. The summed E-state index contributed by atoms with van der Waals surface area (Å²) < 4.78 is 7.21. The molecule has 0 radical (unpaired) electrons. The number of carbonyl (C=O) groups excluding carboxylic acids is 1. The largest absolute Gasteiger partial charge is 0.497 e. The van der Waals surface area contributed by atoms with Gasteiger partial charge in [-0.2, -0.15) is 0 Å². The van der Waals surface area contributed by atoms with E-state index in [4.69, 9.17) is 4.74 Å². The molecule has 0 aliphatic rings. The second-order valence-electron chi connectivity index (χ2n) is 8.15. The Kier molecular flexibility index (Phi) is 7.33. The van der Waals surface area contributed by atoms with E-state index in [-0.39, 0.29) is 11.9 Å². The van der Waals surface area contributed by atoms with Gasteiger partial charge in [0.2, 0.25) is 0 Å². The van der Waals surface area contributed by atoms with Crippen molar-refractivity contribution >= 4 is 17.7 Å². The van der Waals surface area contributed by atoms with Gasteiger partial charge in [-0.15, -0.1) is 10.2 Å². The molecule has 0 bridgehead atoms. The van der Waals surface area contributed by atoms with Crippen molar-refractivity contribution in [1.29, 1.82) is 0 Å². The van der Waals surface area contributed by atoms with Gasteiger partial charge in [0, 0.05) is 17.0 Å². The van der Waals surface area contributed by atoms with Crippen LogP contribution in [0.3, 0.4) is 0 Å². The van der Waals surface area contributed by atoms with Gasteiger partial charge in [0.15, 0.2) is 11.0 Å². The van der Waals surface area contributed by atoms with E-state index < -0.39 is 0 Å². The number of hydrogen-bond donors (Lipinski definition) is 1. The second kappa shape index (κ2) is 10.6. The lowest BCUT2D eigenvalue weighted by Gasteiger charge is -2.17. The van der Waals surface area contributed by atoms with E-state index in [1.54, 1.807) is 43.1 Å². The van der Waals surface area contributed by atoms with Crippen LogP contribution in [0, 0.1) is 13.8 Å². The number of nitrogens with zero attached hydrogens (tertiary/aromatic N) is 3. The number of aromatic nitrogens is 3. The van der Waals surface area contributed by atoms with Gasteiger partial charge in [0.05, 0.1) is 13.2 Å². The van der Waals surface area contributed by atoms with Crippen molar-refractivity contribution in [3.63, 3.8) is 0 Å². The molecule has 7 heteroatoms. The van der Waals surface area contributed by atoms with E-state index in [1.165, 1.54) is 16.7 Å². The molecule has 1 N–H and O–H groups in total. The standard InChI is InChI=1S/C27H28N4O2S/c1-18-9-13-23(14-10-18)31-25(20(3)28-26(32)21-11-15-24(33-4)16-12-21)29-30-27(31)34-17-22-8-6-5-7-19(22)2/h5-16,20H,17H2,1-4H3,(H,28,32). The topological polar surface area (TPSA) is 69.0 Å². The molecule has 1 aromatic heterocycles. The smallest absolute Gasteiger partial charge is 0.251 e. The van der Waals surface area contributed by atoms with Crippen LogP contribution in [0.2, 0.25) is 0 Å². The van der Waals surface area contributed by atoms with Gasteiger partial charge in [-0.25, -0.2) is 0 Å². The lowest BCUT2D eigenvalue weighted by atomic mass is 10.1. The van der Waals surface area contributed by atoms with Crippen molar-refractivity contribution in [1.82, 2.24) is 20.1 Å². The molecule has 0 saturated carbocycles. The maximum Gasteiger partial charge on any atom is 0.251 e. The molecule has 0 aliphatic carbocycles. The number of methoxy groups -OCH3 is 1. The molecule has 6 nitrogen and oxygen atoms in total. The summed E-state index contributed by atoms with van der Waals surface area (Å²) in [6.45, 7) is 6.09. The van der Waals surface area contributed by atoms with Crippen molar-refractivity contribution < 1.29 is 9.53 Å². The molecule has 4 rings (SSSR count). The highest BCUT2D eigenvalue weighted by Crippen LogP contribution is 2.28. The third-order valence-electron chi connectivity index (χ3n) is 5.66. The summed E-state index contributed by atoms with van der Waals surface area (Å²) in [7, 11) is 1.60. The molecule has 174 valence electrons. The van der Waals surface area contributed by atoms with Crippen molar-refractivity contribution in [3.8, 4) is 11.4 Å². The first-order valence-corrected chi connectivity index (χ1v) is 12.1. The molecular weight excluding hydrogens is 444 g/mol. The van der Waals surface area contributed by atoms with Gasteiger partial charge in [-0.3, -0.25) is 9.36 Å². The van der Waals surface area contributed by atoms with Gasteiger partial charge in [0.1, 0.15) is 5.75 Å². The molecule has 1 heterocycles. The Labute approximate surface area is 204 Å². The Bertz CT molecular complexity index is 1270. The first kappa shape index (κ1) is 23.6. The first-order valence-electron chi connectivity index (χ1n) is 11.1. The molecule has 1 unspecified atom stereocenters. The zero-order valence-corrected chi connectivity index (χ0v) is 20.6. The quantitative estimate of drug-likeness (QED) is 0.334. The number of ether oxygens (including phenoxy) is 1. The van der Waals surface area contributed by atoms with Crippen LogP contribution in [-0.2, 0) is 5.75 Å². The molecule has 1 amide bonds. The van der Waals surface area contributed by atoms with Crippen LogP contribution >= 0.6 is 11.8 Å². The molecule has 4 aromatic rings. The number of nitrogens with one attached hydrogen (secondary N) is 1. The number of aryl methyl sites for hydroxylation is 2. The monoisotopic (exact) mass is 472 g/mol. The lowest BCUT2D eigenvalue weighted by molar-refractivity contribution is 0.0938. The molecule has 1 atom stereocenters. The summed E-state index contributed by atoms with van der Waals surface area (Å²) in [5.41, 5.74) is 5.20. The van der Waals surface area contributed by atoms with Crippen molar-refractivity contribution in [3.05, 3.63) is 101 Å². The Balaban J connectivity index is 1.61. The minimum atomic E-state index is -0.351. The van der Waals surface area contributed by atoms with Gasteiger partial charge in [-0.05, 0) is 68.3 Å². The number of amides is 1. The van der Waals surface area contributed by atoms with E-state index in [1.807, 2.05) is 17.6 Å². The fourth-order valence-corrected chi connectivity index (χ4v) is 4.63. The fraction of sp³-hybridized carbons (Fsp3) is 0.222. The number of rotatable bonds is 8. The van der Waals surface area contributed by atoms with Crippen LogP contribution in [0.15, 0.2) is 78.0 Å². The van der Waals surface area contributed by atoms with E-state index in [9.17, 15) is 4.79 Å². The van der Waals surface area contributed by atoms with E-state index in [0.29, 0.717) is 17.1 Å². The highest BCUT2D eigenvalue weighted by Gasteiger charge is 2.22. The second-order valence-corrected chi connectivity index (χ2v) is 9.09. The molecule has 0 aliphatic heterocycles. The lowest BCUT2D eigenvalue weighted by Crippen LogP contribution is -2.28. The maximum atomic E-state index is 12.9. The Morgan fingerprint density at radius 1 is 1.00 bits per heavy atom. The Morgan fingerprint density at radius 3 is 2.38 bits per heavy atom. The van der Waals surface area contributed by atoms with E-state index >= 15 is 0 Å². The zero-order chi connectivity index (χ0) is 24.1. The van der Waals surface area contributed by atoms with Crippen LogP contribution in [0.1, 0.15) is 45.8 Å². The Morgan fingerprint density at radius 2 is 1.71 bits per heavy atom. The average Bonchev–Trinajstić information content (AvgIpc) is 3.28. The SMILES string of the molecule is COc1ccc(C(=O)NC(C)c2nnc(SCc3ccccc3C)n2-c2ccc(C)cc2)cc1. The normalized spacial score (nSPS) is 11.8.